The van der Waals surface area contributed by atoms with E-state index >= 15 is 0 Å². The Morgan fingerprint density at radius 1 is 1.35 bits per heavy atom. The van der Waals surface area contributed by atoms with Crippen LogP contribution in [0.5, 0.6) is 0 Å². The molecular weight excluding hydrogens is 278 g/mol. The Morgan fingerprint density at radius 3 is 2.55 bits per heavy atom. The summed E-state index contributed by atoms with van der Waals surface area (Å²) in [5.74, 6) is 0. The van der Waals surface area contributed by atoms with E-state index in [9.17, 15) is 8.42 Å². The maximum atomic E-state index is 12.6. The normalized spacial score (nSPS) is 19.6. The lowest BCUT2D eigenvalue weighted by molar-refractivity contribution is 0.0947. The second-order valence-corrected chi connectivity index (χ2v) is 6.83. The number of hydrogen-bond donors (Lipinski definition) is 1. The van der Waals surface area contributed by atoms with Gasteiger partial charge in [-0.3, -0.25) is 0 Å². The van der Waals surface area contributed by atoms with Gasteiger partial charge in [-0.1, -0.05) is 19.1 Å². The fraction of sp³-hybridized carbons (Fsp3) is 0.571. The van der Waals surface area contributed by atoms with Crippen molar-refractivity contribution in [2.45, 2.75) is 37.4 Å². The molecule has 1 fully saturated rings. The summed E-state index contributed by atoms with van der Waals surface area (Å²) >= 11 is 0. The summed E-state index contributed by atoms with van der Waals surface area (Å²) in [4.78, 5) is 0.259. The van der Waals surface area contributed by atoms with Crippen LogP contribution in [0.2, 0.25) is 0 Å². The molecule has 0 saturated carbocycles. The average molecular weight is 299 g/mol. The molecule has 0 amide bonds. The van der Waals surface area contributed by atoms with Crippen molar-refractivity contribution in [3.8, 4) is 0 Å². The molecule has 1 atom stereocenters. The summed E-state index contributed by atoms with van der Waals surface area (Å²) in [6, 6.07) is 6.34. The smallest absolute Gasteiger partial charge is 0.243 e. The number of aliphatic hydroxyl groups is 1. The van der Waals surface area contributed by atoms with Crippen molar-refractivity contribution in [3.05, 3.63) is 29.8 Å². The largest absolute Gasteiger partial charge is 0.392 e. The van der Waals surface area contributed by atoms with E-state index in [4.69, 9.17) is 9.84 Å². The molecule has 0 bridgehead atoms. The van der Waals surface area contributed by atoms with Crippen LogP contribution in [0.25, 0.3) is 0 Å². The number of aliphatic hydroxyl groups excluding tert-OH is 1. The molecule has 1 saturated heterocycles. The molecule has 0 aromatic heterocycles. The molecule has 112 valence electrons. The van der Waals surface area contributed by atoms with Gasteiger partial charge in [-0.2, -0.15) is 4.31 Å². The highest BCUT2D eigenvalue weighted by Gasteiger charge is 2.27. The van der Waals surface area contributed by atoms with E-state index in [0.717, 1.165) is 12.8 Å². The first-order valence-electron chi connectivity index (χ1n) is 6.89. The molecule has 0 radical (unpaired) electrons. The molecule has 20 heavy (non-hydrogen) atoms. The second kappa shape index (κ2) is 6.67. The monoisotopic (exact) mass is 299 g/mol. The highest BCUT2D eigenvalue weighted by Crippen LogP contribution is 2.20. The fourth-order valence-electron chi connectivity index (χ4n) is 2.33. The van der Waals surface area contributed by atoms with Gasteiger partial charge in [0.15, 0.2) is 0 Å². The lowest BCUT2D eigenvalue weighted by atomic mass is 10.2. The van der Waals surface area contributed by atoms with Crippen molar-refractivity contribution >= 4 is 10.0 Å². The van der Waals surface area contributed by atoms with E-state index in [1.54, 1.807) is 24.3 Å². The topological polar surface area (TPSA) is 66.8 Å². The van der Waals surface area contributed by atoms with Crippen LogP contribution in [-0.2, 0) is 21.4 Å². The first-order valence-corrected chi connectivity index (χ1v) is 8.33. The van der Waals surface area contributed by atoms with E-state index in [-0.39, 0.29) is 17.6 Å². The Hall–Kier alpha value is -0.950. The zero-order valence-corrected chi connectivity index (χ0v) is 12.5. The average Bonchev–Trinajstić information content (AvgIpc) is 2.97. The Morgan fingerprint density at radius 2 is 2.05 bits per heavy atom. The SMILES string of the molecule is CCN(CC1CCCO1)S(=O)(=O)c1ccc(CO)cc1. The quantitative estimate of drug-likeness (QED) is 0.861. The molecule has 6 heteroatoms. The van der Waals surface area contributed by atoms with E-state index in [0.29, 0.717) is 25.3 Å². The minimum absolute atomic E-state index is 0.00133. The van der Waals surface area contributed by atoms with Crippen LogP contribution in [0, 0.1) is 0 Å². The van der Waals surface area contributed by atoms with Gasteiger partial charge in [-0.05, 0) is 30.5 Å². The van der Waals surface area contributed by atoms with E-state index in [2.05, 4.69) is 0 Å². The molecule has 1 unspecified atom stereocenters. The minimum Gasteiger partial charge on any atom is -0.392 e. The van der Waals surface area contributed by atoms with E-state index in [1.807, 2.05) is 6.92 Å². The van der Waals surface area contributed by atoms with Crippen LogP contribution in [0.15, 0.2) is 29.2 Å². The summed E-state index contributed by atoms with van der Waals surface area (Å²) in [5.41, 5.74) is 0.700. The molecule has 1 aromatic carbocycles. The third kappa shape index (κ3) is 3.38. The van der Waals surface area contributed by atoms with Crippen molar-refractivity contribution in [3.63, 3.8) is 0 Å². The summed E-state index contributed by atoms with van der Waals surface area (Å²) in [5, 5.41) is 9.00. The molecular formula is C14H21NO4S. The Labute approximate surface area is 120 Å². The number of likely N-dealkylation sites (N-methyl/N-ethyl adjacent to an activating group) is 1. The van der Waals surface area contributed by atoms with Gasteiger partial charge in [0.25, 0.3) is 0 Å². The van der Waals surface area contributed by atoms with Crippen LogP contribution in [0.4, 0.5) is 0 Å². The van der Waals surface area contributed by atoms with Crippen molar-refractivity contribution in [2.24, 2.45) is 0 Å². The molecule has 2 rings (SSSR count). The van der Waals surface area contributed by atoms with E-state index < -0.39 is 10.0 Å². The molecule has 0 aliphatic carbocycles. The van der Waals surface area contributed by atoms with Gasteiger partial charge in [-0.25, -0.2) is 8.42 Å². The predicted octanol–water partition coefficient (Wildman–Crippen LogP) is 1.37. The number of hydrogen-bond acceptors (Lipinski definition) is 4. The van der Waals surface area contributed by atoms with Crippen molar-refractivity contribution in [2.75, 3.05) is 19.7 Å². The van der Waals surface area contributed by atoms with Gasteiger partial charge >= 0.3 is 0 Å². The third-order valence-corrected chi connectivity index (χ3v) is 5.48. The highest BCUT2D eigenvalue weighted by molar-refractivity contribution is 7.89. The third-order valence-electron chi connectivity index (χ3n) is 3.53. The first-order chi connectivity index (χ1) is 9.57. The number of sulfonamides is 1. The van der Waals surface area contributed by atoms with Crippen LogP contribution in [0.1, 0.15) is 25.3 Å². The van der Waals surface area contributed by atoms with Crippen LogP contribution >= 0.6 is 0 Å². The standard InChI is InChI=1S/C14H21NO4S/c1-2-15(10-13-4-3-9-19-13)20(17,18)14-7-5-12(11-16)6-8-14/h5-8,13,16H,2-4,9-11H2,1H3. The minimum atomic E-state index is -3.49. The first kappa shape index (κ1) is 15.4. The van der Waals surface area contributed by atoms with Crippen LogP contribution in [0.3, 0.4) is 0 Å². The predicted molar refractivity (Wildman–Crippen MR) is 75.8 cm³/mol. The molecule has 5 nitrogen and oxygen atoms in total. The van der Waals surface area contributed by atoms with Gasteiger partial charge in [0.2, 0.25) is 10.0 Å². The second-order valence-electron chi connectivity index (χ2n) is 4.89. The van der Waals surface area contributed by atoms with Gasteiger partial charge in [0, 0.05) is 19.7 Å². The van der Waals surface area contributed by atoms with Gasteiger partial charge in [0.05, 0.1) is 17.6 Å². The molecule has 1 N–H and O–H groups in total. The fourth-order valence-corrected chi connectivity index (χ4v) is 3.81. The highest BCUT2D eigenvalue weighted by atomic mass is 32.2. The maximum absolute atomic E-state index is 12.6. The molecule has 1 aliphatic rings. The summed E-state index contributed by atoms with van der Waals surface area (Å²) in [7, 11) is -3.49. The number of rotatable bonds is 6. The van der Waals surface area contributed by atoms with Gasteiger partial charge in [0.1, 0.15) is 0 Å². The zero-order valence-electron chi connectivity index (χ0n) is 11.7. The van der Waals surface area contributed by atoms with Crippen LogP contribution in [-0.4, -0.2) is 43.6 Å². The van der Waals surface area contributed by atoms with Gasteiger partial charge in [-0.15, -0.1) is 0 Å². The lowest BCUT2D eigenvalue weighted by Crippen LogP contribution is -2.37. The number of ether oxygens (including phenoxy) is 1. The van der Waals surface area contributed by atoms with Gasteiger partial charge < -0.3 is 9.84 Å². The van der Waals surface area contributed by atoms with Crippen molar-refractivity contribution < 1.29 is 18.3 Å². The van der Waals surface area contributed by atoms with Crippen molar-refractivity contribution in [1.82, 2.24) is 4.31 Å². The number of nitrogens with zero attached hydrogens (tertiary/aromatic N) is 1. The Bertz CT molecular complexity index is 521. The maximum Gasteiger partial charge on any atom is 0.243 e. The zero-order chi connectivity index (χ0) is 14.6. The van der Waals surface area contributed by atoms with E-state index in [1.165, 1.54) is 4.31 Å². The molecule has 1 aliphatic heterocycles. The Kier molecular flexibility index (Phi) is 5.15. The lowest BCUT2D eigenvalue weighted by Gasteiger charge is -2.23. The summed E-state index contributed by atoms with van der Waals surface area (Å²) < 4.78 is 32.1. The summed E-state index contributed by atoms with van der Waals surface area (Å²) in [6.07, 6.45) is 1.91. The molecule has 1 aromatic rings. The van der Waals surface area contributed by atoms with Crippen LogP contribution < -0.4 is 0 Å². The molecule has 0 spiro atoms. The number of benzene rings is 1. The molecule has 1 heterocycles. The summed E-state index contributed by atoms with van der Waals surface area (Å²) in [6.45, 7) is 3.28. The van der Waals surface area contributed by atoms with Crippen molar-refractivity contribution in [1.29, 1.82) is 0 Å². The Balaban J connectivity index is 2.16.